The number of aryl methyl sites for hydroxylation is 1. The van der Waals surface area contributed by atoms with Gasteiger partial charge in [0.15, 0.2) is 4.93 Å². The Bertz CT molecular complexity index is 780. The van der Waals surface area contributed by atoms with E-state index in [-0.39, 0.29) is 0 Å². The van der Waals surface area contributed by atoms with Gasteiger partial charge in [-0.1, -0.05) is 48.2 Å². The van der Waals surface area contributed by atoms with Gasteiger partial charge < -0.3 is 10.1 Å². The van der Waals surface area contributed by atoms with Crippen molar-refractivity contribution in [3.63, 3.8) is 0 Å². The molecule has 0 bridgehead atoms. The van der Waals surface area contributed by atoms with Gasteiger partial charge in [0.1, 0.15) is 0 Å². The third-order valence-electron chi connectivity index (χ3n) is 4.18. The molecule has 0 saturated heterocycles. The number of hydrogen-bond donors (Lipinski definition) is 2. The zero-order chi connectivity index (χ0) is 14.3. The number of benzene rings is 2. The zero-order valence-electron chi connectivity index (χ0n) is 11.7. The molecule has 1 atom stereocenters. The second-order valence-electron chi connectivity index (χ2n) is 5.58. The average molecular weight is 295 g/mol. The fourth-order valence-electron chi connectivity index (χ4n) is 3.21. The largest absolute Gasteiger partial charge is 0.373 e. The van der Waals surface area contributed by atoms with Crippen molar-refractivity contribution in [1.82, 2.24) is 4.98 Å². The molecule has 3 heteroatoms. The SMILES string of the molecule is OC1(Sc2ccccc2)CCCc2c1[nH]c1ccccc21. The number of thioether (sulfide) groups is 1. The third-order valence-corrected chi connectivity index (χ3v) is 5.43. The van der Waals surface area contributed by atoms with Crippen molar-refractivity contribution in [2.45, 2.75) is 29.1 Å². The lowest BCUT2D eigenvalue weighted by Crippen LogP contribution is -2.27. The molecule has 4 rings (SSSR count). The van der Waals surface area contributed by atoms with Crippen LogP contribution in [-0.4, -0.2) is 10.1 Å². The zero-order valence-corrected chi connectivity index (χ0v) is 12.5. The minimum absolute atomic E-state index is 0.784. The van der Waals surface area contributed by atoms with E-state index in [2.05, 4.69) is 35.3 Å². The fraction of sp³-hybridized carbons (Fsp3) is 0.222. The number of aromatic amines is 1. The van der Waals surface area contributed by atoms with E-state index in [4.69, 9.17) is 0 Å². The van der Waals surface area contributed by atoms with E-state index in [1.165, 1.54) is 10.9 Å². The van der Waals surface area contributed by atoms with Crippen LogP contribution in [0.15, 0.2) is 59.5 Å². The second kappa shape index (κ2) is 4.93. The van der Waals surface area contributed by atoms with Crippen LogP contribution in [0.25, 0.3) is 10.9 Å². The number of aromatic nitrogens is 1. The van der Waals surface area contributed by atoms with Crippen LogP contribution < -0.4 is 0 Å². The highest BCUT2D eigenvalue weighted by molar-refractivity contribution is 8.00. The average Bonchev–Trinajstić information content (AvgIpc) is 2.89. The summed E-state index contributed by atoms with van der Waals surface area (Å²) in [5.41, 5.74) is 3.39. The molecule has 0 radical (unpaired) electrons. The quantitative estimate of drug-likeness (QED) is 0.686. The third kappa shape index (κ3) is 2.17. The van der Waals surface area contributed by atoms with E-state index in [1.807, 2.05) is 24.3 Å². The van der Waals surface area contributed by atoms with Crippen LogP contribution in [0, 0.1) is 0 Å². The van der Waals surface area contributed by atoms with Crippen LogP contribution in [0.5, 0.6) is 0 Å². The second-order valence-corrected chi connectivity index (χ2v) is 6.93. The van der Waals surface area contributed by atoms with Gasteiger partial charge in [-0.25, -0.2) is 0 Å². The van der Waals surface area contributed by atoms with E-state index in [1.54, 1.807) is 11.8 Å². The van der Waals surface area contributed by atoms with Crippen molar-refractivity contribution in [3.05, 3.63) is 65.9 Å². The van der Waals surface area contributed by atoms with E-state index < -0.39 is 4.93 Å². The van der Waals surface area contributed by atoms with E-state index in [9.17, 15) is 5.11 Å². The molecule has 2 N–H and O–H groups in total. The Morgan fingerprint density at radius 3 is 2.62 bits per heavy atom. The molecular weight excluding hydrogens is 278 g/mol. The molecule has 1 aromatic heterocycles. The van der Waals surface area contributed by atoms with Crippen molar-refractivity contribution in [1.29, 1.82) is 0 Å². The van der Waals surface area contributed by atoms with Crippen LogP contribution in [0.1, 0.15) is 24.1 Å². The Morgan fingerprint density at radius 1 is 1.00 bits per heavy atom. The molecule has 2 nitrogen and oxygen atoms in total. The van der Waals surface area contributed by atoms with Gasteiger partial charge in [0.25, 0.3) is 0 Å². The van der Waals surface area contributed by atoms with Crippen molar-refractivity contribution >= 4 is 22.7 Å². The molecule has 3 aromatic rings. The number of rotatable bonds is 2. The molecule has 0 saturated carbocycles. The summed E-state index contributed by atoms with van der Waals surface area (Å²) in [6, 6.07) is 18.5. The number of H-pyrrole nitrogens is 1. The Hall–Kier alpha value is -1.71. The molecule has 0 spiro atoms. The van der Waals surface area contributed by atoms with Gasteiger partial charge in [-0.15, -0.1) is 0 Å². The first-order valence-corrected chi connectivity index (χ1v) is 8.14. The maximum Gasteiger partial charge on any atom is 0.155 e. The summed E-state index contributed by atoms with van der Waals surface area (Å²) in [6.07, 6.45) is 2.84. The summed E-state index contributed by atoms with van der Waals surface area (Å²) in [7, 11) is 0. The number of para-hydroxylation sites is 1. The van der Waals surface area contributed by atoms with Crippen LogP contribution in [-0.2, 0) is 11.4 Å². The monoisotopic (exact) mass is 295 g/mol. The van der Waals surface area contributed by atoms with Gasteiger partial charge in [0.2, 0.25) is 0 Å². The van der Waals surface area contributed by atoms with Crippen LogP contribution in [0.2, 0.25) is 0 Å². The van der Waals surface area contributed by atoms with Gasteiger partial charge in [-0.2, -0.15) is 0 Å². The smallest absolute Gasteiger partial charge is 0.155 e. The molecule has 1 aliphatic rings. The predicted octanol–water partition coefficient (Wildman–Crippen LogP) is 4.44. The molecule has 21 heavy (non-hydrogen) atoms. The molecule has 0 aliphatic heterocycles. The molecule has 1 unspecified atom stereocenters. The normalized spacial score (nSPS) is 21.4. The summed E-state index contributed by atoms with van der Waals surface area (Å²) in [4.78, 5) is 3.71. The maximum absolute atomic E-state index is 11.2. The van der Waals surface area contributed by atoms with Gasteiger partial charge >= 0.3 is 0 Å². The first-order valence-electron chi connectivity index (χ1n) is 7.33. The van der Waals surface area contributed by atoms with E-state index >= 15 is 0 Å². The van der Waals surface area contributed by atoms with Crippen LogP contribution >= 0.6 is 11.8 Å². The lowest BCUT2D eigenvalue weighted by molar-refractivity contribution is 0.113. The van der Waals surface area contributed by atoms with E-state index in [0.717, 1.165) is 35.4 Å². The molecule has 106 valence electrons. The standard InChI is InChI=1S/C18H17NOS/c20-18(21-13-7-2-1-3-8-13)12-6-10-15-14-9-4-5-11-16(14)19-17(15)18/h1-5,7-9,11,19-20H,6,10,12H2. The van der Waals surface area contributed by atoms with Crippen LogP contribution in [0.3, 0.4) is 0 Å². The minimum Gasteiger partial charge on any atom is -0.373 e. The van der Waals surface area contributed by atoms with Crippen molar-refractivity contribution in [2.24, 2.45) is 0 Å². The summed E-state index contributed by atoms with van der Waals surface area (Å²) in [6.45, 7) is 0. The summed E-state index contributed by atoms with van der Waals surface area (Å²) in [5.74, 6) is 0. The van der Waals surface area contributed by atoms with Gasteiger partial charge in [0, 0.05) is 15.8 Å². The Morgan fingerprint density at radius 2 is 1.76 bits per heavy atom. The maximum atomic E-state index is 11.2. The highest BCUT2D eigenvalue weighted by Crippen LogP contribution is 2.48. The van der Waals surface area contributed by atoms with Crippen molar-refractivity contribution < 1.29 is 5.11 Å². The number of nitrogens with one attached hydrogen (secondary N) is 1. The van der Waals surface area contributed by atoms with Crippen LogP contribution in [0.4, 0.5) is 0 Å². The number of hydrogen-bond acceptors (Lipinski definition) is 2. The number of aliphatic hydroxyl groups is 1. The summed E-state index contributed by atoms with van der Waals surface area (Å²) in [5, 5.41) is 12.5. The molecule has 0 amide bonds. The molecule has 1 heterocycles. The molecule has 2 aromatic carbocycles. The molecule has 0 fully saturated rings. The minimum atomic E-state index is -0.853. The predicted molar refractivity (Wildman–Crippen MR) is 87.4 cm³/mol. The molecular formula is C18H17NOS. The Kier molecular flexibility index (Phi) is 3.05. The summed E-state index contributed by atoms with van der Waals surface area (Å²) >= 11 is 1.55. The van der Waals surface area contributed by atoms with E-state index in [0.29, 0.717) is 0 Å². The Balaban J connectivity index is 1.82. The highest BCUT2D eigenvalue weighted by atomic mass is 32.2. The first kappa shape index (κ1) is 13.0. The highest BCUT2D eigenvalue weighted by Gasteiger charge is 2.37. The molecule has 1 aliphatic carbocycles. The van der Waals surface area contributed by atoms with Gasteiger partial charge in [-0.05, 0) is 43.0 Å². The topological polar surface area (TPSA) is 36.0 Å². The summed E-state index contributed by atoms with van der Waals surface area (Å²) < 4.78 is 0. The van der Waals surface area contributed by atoms with Gasteiger partial charge in [-0.3, -0.25) is 0 Å². The lowest BCUT2D eigenvalue weighted by atomic mass is 9.93. The van der Waals surface area contributed by atoms with Gasteiger partial charge in [0.05, 0.1) is 5.69 Å². The Labute approximate surface area is 128 Å². The number of fused-ring (bicyclic) bond motifs is 3. The lowest BCUT2D eigenvalue weighted by Gasteiger charge is -2.31. The van der Waals surface area contributed by atoms with Crippen molar-refractivity contribution in [3.8, 4) is 0 Å². The first-order chi connectivity index (χ1) is 10.3. The fourth-order valence-corrected chi connectivity index (χ4v) is 4.41. The van der Waals surface area contributed by atoms with Crippen molar-refractivity contribution in [2.75, 3.05) is 0 Å².